The van der Waals surface area contributed by atoms with Crippen LogP contribution in [0.5, 0.6) is 0 Å². The SMILES string of the molecule is C#CC.C=C/C=C(\CC)C(=C)N1CCC(/C(C)=C/C(C)=C(/C)Cc2ccccc2)CC1.C=CC.CC.CC.CC. The minimum atomic E-state index is 0.678. The first kappa shape index (κ1) is 44.1. The second kappa shape index (κ2) is 32.2. The highest BCUT2D eigenvalue weighted by atomic mass is 15.1. The quantitative estimate of drug-likeness (QED) is 0.178. The first-order valence-corrected chi connectivity index (χ1v) is 15.4. The summed E-state index contributed by atoms with van der Waals surface area (Å²) in [5, 5.41) is 0. The van der Waals surface area contributed by atoms with Gasteiger partial charge in [-0.1, -0.05) is 133 Å². The monoisotopic (exact) mass is 548 g/mol. The molecule has 2 rings (SSSR count). The third-order valence-electron chi connectivity index (χ3n) is 6.02. The number of nitrogens with zero attached hydrogens (tertiary/aromatic N) is 1. The van der Waals surface area contributed by atoms with Crippen LogP contribution in [0.3, 0.4) is 0 Å². The molecule has 1 aliphatic rings. The molecule has 0 aromatic heterocycles. The molecule has 0 N–H and O–H groups in total. The lowest BCUT2D eigenvalue weighted by atomic mass is 9.87. The Bertz CT molecular complexity index is 878. The topological polar surface area (TPSA) is 3.24 Å². The fourth-order valence-electron chi connectivity index (χ4n) is 3.99. The van der Waals surface area contributed by atoms with Crippen molar-refractivity contribution in [2.24, 2.45) is 5.92 Å². The van der Waals surface area contributed by atoms with Crippen molar-refractivity contribution in [2.45, 2.75) is 109 Å². The summed E-state index contributed by atoms with van der Waals surface area (Å²) in [6.07, 6.45) is 17.2. The van der Waals surface area contributed by atoms with Crippen LogP contribution >= 0.6 is 0 Å². The third-order valence-corrected chi connectivity index (χ3v) is 6.02. The highest BCUT2D eigenvalue weighted by molar-refractivity contribution is 5.32. The maximum atomic E-state index is 4.60. The van der Waals surface area contributed by atoms with E-state index in [-0.39, 0.29) is 0 Å². The van der Waals surface area contributed by atoms with E-state index in [1.54, 1.807) is 13.0 Å². The number of piperidine rings is 1. The molecule has 1 heteroatoms. The summed E-state index contributed by atoms with van der Waals surface area (Å²) < 4.78 is 0. The van der Waals surface area contributed by atoms with Gasteiger partial charge in [-0.05, 0) is 77.4 Å². The lowest BCUT2D eigenvalue weighted by Crippen LogP contribution is -2.33. The van der Waals surface area contributed by atoms with Crippen molar-refractivity contribution >= 4 is 0 Å². The molecule has 0 spiro atoms. The van der Waals surface area contributed by atoms with Gasteiger partial charge in [0, 0.05) is 18.8 Å². The molecule has 1 aromatic rings. The number of hydrogen-bond acceptors (Lipinski definition) is 1. The van der Waals surface area contributed by atoms with E-state index >= 15 is 0 Å². The molecule has 0 unspecified atom stereocenters. The van der Waals surface area contributed by atoms with Crippen molar-refractivity contribution in [3.8, 4) is 12.3 Å². The Morgan fingerprint density at radius 3 is 1.82 bits per heavy atom. The van der Waals surface area contributed by atoms with Crippen LogP contribution in [-0.4, -0.2) is 18.0 Å². The number of terminal acetylenes is 1. The van der Waals surface area contributed by atoms with Crippen LogP contribution in [0.25, 0.3) is 0 Å². The fourth-order valence-corrected chi connectivity index (χ4v) is 3.99. The van der Waals surface area contributed by atoms with E-state index in [2.05, 4.69) is 107 Å². The molecule has 1 nitrogen and oxygen atoms in total. The van der Waals surface area contributed by atoms with E-state index in [1.807, 2.05) is 54.5 Å². The predicted octanol–water partition coefficient (Wildman–Crippen LogP) is 12.2. The number of likely N-dealkylation sites (tertiary alicyclic amines) is 1. The summed E-state index contributed by atoms with van der Waals surface area (Å²) in [6.45, 7) is 38.3. The molecule has 0 radical (unpaired) electrons. The molecule has 226 valence electrons. The summed E-state index contributed by atoms with van der Waals surface area (Å²) in [7, 11) is 0. The first-order valence-electron chi connectivity index (χ1n) is 15.4. The molecular weight excluding hydrogens is 482 g/mol. The van der Waals surface area contributed by atoms with Crippen molar-refractivity contribution < 1.29 is 0 Å². The lowest BCUT2D eigenvalue weighted by Gasteiger charge is -2.36. The Hall–Kier alpha value is -2.98. The summed E-state index contributed by atoms with van der Waals surface area (Å²) in [4.78, 5) is 2.45. The van der Waals surface area contributed by atoms with Crippen molar-refractivity contribution in [1.29, 1.82) is 0 Å². The van der Waals surface area contributed by atoms with Gasteiger partial charge in [-0.3, -0.25) is 0 Å². The summed E-state index contributed by atoms with van der Waals surface area (Å²) >= 11 is 0. The van der Waals surface area contributed by atoms with Gasteiger partial charge in [0.25, 0.3) is 0 Å². The minimum absolute atomic E-state index is 0.678. The molecule has 0 atom stereocenters. The molecule has 1 heterocycles. The molecule has 1 saturated heterocycles. The molecule has 0 aliphatic carbocycles. The van der Waals surface area contributed by atoms with Crippen LogP contribution in [0.4, 0.5) is 0 Å². The van der Waals surface area contributed by atoms with Crippen molar-refractivity contribution in [3.63, 3.8) is 0 Å². The normalized spacial score (nSPS) is 13.1. The van der Waals surface area contributed by atoms with E-state index in [4.69, 9.17) is 0 Å². The second-order valence-electron chi connectivity index (χ2n) is 8.70. The molecule has 0 amide bonds. The number of benzene rings is 1. The fraction of sp³-hybridized carbons (Fsp3) is 0.487. The Morgan fingerprint density at radius 1 is 0.975 bits per heavy atom. The van der Waals surface area contributed by atoms with Gasteiger partial charge >= 0.3 is 0 Å². The zero-order valence-corrected chi connectivity index (χ0v) is 28.7. The smallest absolute Gasteiger partial charge is 0.0325 e. The Labute approximate surface area is 252 Å². The number of rotatable bonds is 8. The van der Waals surface area contributed by atoms with E-state index in [0.717, 1.165) is 25.9 Å². The van der Waals surface area contributed by atoms with Crippen LogP contribution in [-0.2, 0) is 6.42 Å². The first-order chi connectivity index (χ1) is 19.3. The van der Waals surface area contributed by atoms with Crippen molar-refractivity contribution in [3.05, 3.63) is 108 Å². The van der Waals surface area contributed by atoms with E-state index < -0.39 is 0 Å². The van der Waals surface area contributed by atoms with Gasteiger partial charge in [-0.25, -0.2) is 0 Å². The summed E-state index contributed by atoms with van der Waals surface area (Å²) in [5.41, 5.74) is 8.26. The lowest BCUT2D eigenvalue weighted by molar-refractivity contribution is 0.249. The van der Waals surface area contributed by atoms with Gasteiger partial charge < -0.3 is 4.90 Å². The minimum Gasteiger partial charge on any atom is -0.372 e. The molecule has 40 heavy (non-hydrogen) atoms. The van der Waals surface area contributed by atoms with E-state index in [0.29, 0.717) is 5.92 Å². The van der Waals surface area contributed by atoms with Crippen molar-refractivity contribution in [1.82, 2.24) is 4.90 Å². The molecule has 1 fully saturated rings. The Morgan fingerprint density at radius 2 is 1.43 bits per heavy atom. The third kappa shape index (κ3) is 20.9. The van der Waals surface area contributed by atoms with Crippen molar-refractivity contribution in [2.75, 3.05) is 13.1 Å². The van der Waals surface area contributed by atoms with Gasteiger partial charge in [-0.2, -0.15) is 0 Å². The Balaban J connectivity index is -0.000000469. The molecular formula is C39H65N. The van der Waals surface area contributed by atoms with E-state index in [9.17, 15) is 0 Å². The number of allylic oxidation sites excluding steroid dienone is 8. The van der Waals surface area contributed by atoms with Crippen LogP contribution in [0.1, 0.15) is 108 Å². The average molecular weight is 548 g/mol. The zero-order chi connectivity index (χ0) is 31.9. The maximum Gasteiger partial charge on any atom is 0.0325 e. The van der Waals surface area contributed by atoms with Gasteiger partial charge in [0.1, 0.15) is 0 Å². The predicted molar refractivity (Wildman–Crippen MR) is 189 cm³/mol. The molecule has 0 bridgehead atoms. The summed E-state index contributed by atoms with van der Waals surface area (Å²) in [5.74, 6) is 2.93. The van der Waals surface area contributed by atoms with Crippen LogP contribution in [0.15, 0.2) is 102 Å². The van der Waals surface area contributed by atoms with E-state index in [1.165, 1.54) is 46.4 Å². The maximum absolute atomic E-state index is 4.60. The standard InChI is InChI=1S/C27H37N.C3H6.C3H4.3C2H6/c1-7-12-26(8-2)24(6)28-17-15-27(16-18-28)23(5)19-21(3)22(4)20-25-13-10-9-11-14-25;2*1-3-2;3*1-2/h7,9-14,19,27H,1,6,8,15-18,20H2,2-5H3;3H,1H2,2H3;1H,2H3;3*1-2H3/b22-21-,23-19+,26-12+;;;;;. The highest BCUT2D eigenvalue weighted by Gasteiger charge is 2.22. The Kier molecular flexibility index (Phi) is 35.5. The zero-order valence-electron chi connectivity index (χ0n) is 28.7. The van der Waals surface area contributed by atoms with Crippen LogP contribution < -0.4 is 0 Å². The van der Waals surface area contributed by atoms with Gasteiger partial charge in [0.2, 0.25) is 0 Å². The highest BCUT2D eigenvalue weighted by Crippen LogP contribution is 2.29. The van der Waals surface area contributed by atoms with Crippen LogP contribution in [0, 0.1) is 18.3 Å². The van der Waals surface area contributed by atoms with Crippen LogP contribution in [0.2, 0.25) is 0 Å². The second-order valence-corrected chi connectivity index (χ2v) is 8.70. The molecule has 1 aliphatic heterocycles. The van der Waals surface area contributed by atoms with Gasteiger partial charge in [0.15, 0.2) is 0 Å². The van der Waals surface area contributed by atoms with Gasteiger partial charge in [-0.15, -0.1) is 18.9 Å². The largest absolute Gasteiger partial charge is 0.372 e. The number of hydrogen-bond donors (Lipinski definition) is 0. The van der Waals surface area contributed by atoms with Gasteiger partial charge in [0.05, 0.1) is 0 Å². The average Bonchev–Trinajstić information content (AvgIpc) is 3.00. The molecule has 1 aromatic carbocycles. The summed E-state index contributed by atoms with van der Waals surface area (Å²) in [6, 6.07) is 10.7. The molecule has 0 saturated carbocycles.